The maximum Gasteiger partial charge on any atom is 0.226 e. The normalized spacial score (nSPS) is 39.1. The Morgan fingerprint density at radius 2 is 1.89 bits per heavy atom. The first-order chi connectivity index (χ1) is 8.80. The van der Waals surface area contributed by atoms with E-state index in [1.807, 2.05) is 0 Å². The third-order valence-electron chi connectivity index (χ3n) is 5.22. The zero-order valence-corrected chi connectivity index (χ0v) is 13.0. The van der Waals surface area contributed by atoms with Crippen LogP contribution in [0.3, 0.4) is 0 Å². The van der Waals surface area contributed by atoms with Crippen molar-refractivity contribution in [1.29, 1.82) is 0 Å². The minimum absolute atomic E-state index is 0.153. The molecular formula is C16H30N2O. The van der Waals surface area contributed by atoms with Gasteiger partial charge in [0.25, 0.3) is 0 Å². The fourth-order valence-electron chi connectivity index (χ4n) is 3.87. The van der Waals surface area contributed by atoms with Crippen LogP contribution in [0.15, 0.2) is 0 Å². The van der Waals surface area contributed by atoms with Gasteiger partial charge in [-0.05, 0) is 42.9 Å². The van der Waals surface area contributed by atoms with E-state index in [-0.39, 0.29) is 17.4 Å². The third-order valence-corrected chi connectivity index (χ3v) is 5.22. The van der Waals surface area contributed by atoms with E-state index in [2.05, 4.69) is 32.6 Å². The number of piperidine rings is 1. The highest BCUT2D eigenvalue weighted by Crippen LogP contribution is 2.36. The Bertz CT molecular complexity index is 340. The molecule has 4 atom stereocenters. The lowest BCUT2D eigenvalue weighted by Crippen LogP contribution is -2.50. The number of hydrogen-bond acceptors (Lipinski definition) is 2. The van der Waals surface area contributed by atoms with E-state index in [1.54, 1.807) is 0 Å². The predicted octanol–water partition coefficient (Wildman–Crippen LogP) is 2.64. The largest absolute Gasteiger partial charge is 0.342 e. The molecule has 0 bridgehead atoms. The summed E-state index contributed by atoms with van der Waals surface area (Å²) in [7, 11) is 0. The number of hydrogen-bond donors (Lipinski definition) is 1. The molecule has 2 rings (SSSR count). The van der Waals surface area contributed by atoms with Gasteiger partial charge in [-0.1, -0.05) is 27.7 Å². The van der Waals surface area contributed by atoms with E-state index in [0.29, 0.717) is 17.7 Å². The first-order valence-electron chi connectivity index (χ1n) is 7.84. The Balaban J connectivity index is 2.02. The van der Waals surface area contributed by atoms with Crippen molar-refractivity contribution in [1.82, 2.24) is 4.90 Å². The van der Waals surface area contributed by atoms with Crippen LogP contribution >= 0.6 is 0 Å². The van der Waals surface area contributed by atoms with E-state index < -0.39 is 0 Å². The summed E-state index contributed by atoms with van der Waals surface area (Å²) in [4.78, 5) is 14.9. The molecule has 110 valence electrons. The number of rotatable bonds is 1. The number of likely N-dealkylation sites (tertiary alicyclic amines) is 1. The van der Waals surface area contributed by atoms with Gasteiger partial charge < -0.3 is 10.6 Å². The van der Waals surface area contributed by atoms with Crippen molar-refractivity contribution in [3.8, 4) is 0 Å². The highest BCUT2D eigenvalue weighted by molar-refractivity contribution is 5.79. The Kier molecular flexibility index (Phi) is 4.24. The van der Waals surface area contributed by atoms with Crippen molar-refractivity contribution in [2.24, 2.45) is 28.9 Å². The summed E-state index contributed by atoms with van der Waals surface area (Å²) >= 11 is 0. The molecule has 3 heteroatoms. The van der Waals surface area contributed by atoms with Crippen molar-refractivity contribution < 1.29 is 4.79 Å². The molecule has 1 saturated carbocycles. The minimum Gasteiger partial charge on any atom is -0.342 e. The van der Waals surface area contributed by atoms with Gasteiger partial charge in [0.1, 0.15) is 0 Å². The van der Waals surface area contributed by atoms with Crippen LogP contribution in [0.2, 0.25) is 0 Å². The molecule has 1 heterocycles. The van der Waals surface area contributed by atoms with Crippen LogP contribution in [0.1, 0.15) is 53.4 Å². The molecule has 19 heavy (non-hydrogen) atoms. The Hall–Kier alpha value is -0.570. The Morgan fingerprint density at radius 3 is 2.53 bits per heavy atom. The highest BCUT2D eigenvalue weighted by Gasteiger charge is 2.39. The highest BCUT2D eigenvalue weighted by atomic mass is 16.2. The van der Waals surface area contributed by atoms with Crippen LogP contribution in [-0.4, -0.2) is 29.9 Å². The number of nitrogens with zero attached hydrogens (tertiary/aromatic N) is 1. The zero-order valence-electron chi connectivity index (χ0n) is 13.0. The minimum atomic E-state index is 0.153. The molecule has 2 aliphatic rings. The molecular weight excluding hydrogens is 236 g/mol. The van der Waals surface area contributed by atoms with E-state index in [4.69, 9.17) is 5.73 Å². The molecule has 2 N–H and O–H groups in total. The van der Waals surface area contributed by atoms with Crippen LogP contribution in [0.5, 0.6) is 0 Å². The topological polar surface area (TPSA) is 46.3 Å². The Morgan fingerprint density at radius 1 is 1.21 bits per heavy atom. The average Bonchev–Trinajstić information content (AvgIpc) is 2.31. The summed E-state index contributed by atoms with van der Waals surface area (Å²) < 4.78 is 0. The van der Waals surface area contributed by atoms with Gasteiger partial charge in [0.05, 0.1) is 0 Å². The number of nitrogens with two attached hydrogens (primary N) is 1. The molecule has 2 fully saturated rings. The van der Waals surface area contributed by atoms with Crippen molar-refractivity contribution in [3.05, 3.63) is 0 Å². The number of amides is 1. The van der Waals surface area contributed by atoms with Gasteiger partial charge in [-0.3, -0.25) is 4.79 Å². The summed E-state index contributed by atoms with van der Waals surface area (Å²) in [6.07, 6.45) is 4.34. The molecule has 0 aromatic heterocycles. The molecule has 1 aliphatic carbocycles. The van der Waals surface area contributed by atoms with E-state index in [1.165, 1.54) is 6.42 Å². The van der Waals surface area contributed by atoms with Crippen LogP contribution < -0.4 is 5.73 Å². The second-order valence-electron chi connectivity index (χ2n) is 7.72. The first kappa shape index (κ1) is 14.8. The SMILES string of the molecule is CC1CC(C)C(C(=O)N2CCCC(C)(C)C2)CC1N. The third kappa shape index (κ3) is 3.31. The Labute approximate surface area is 117 Å². The van der Waals surface area contributed by atoms with Crippen LogP contribution in [0.25, 0.3) is 0 Å². The fraction of sp³-hybridized carbons (Fsp3) is 0.938. The lowest BCUT2D eigenvalue weighted by atomic mass is 9.72. The molecule has 1 saturated heterocycles. The van der Waals surface area contributed by atoms with Gasteiger partial charge >= 0.3 is 0 Å². The predicted molar refractivity (Wildman–Crippen MR) is 78.6 cm³/mol. The van der Waals surface area contributed by atoms with Gasteiger partial charge in [0, 0.05) is 25.0 Å². The van der Waals surface area contributed by atoms with Gasteiger partial charge in [-0.25, -0.2) is 0 Å². The van der Waals surface area contributed by atoms with Crippen molar-refractivity contribution in [2.75, 3.05) is 13.1 Å². The second-order valence-corrected chi connectivity index (χ2v) is 7.72. The maximum absolute atomic E-state index is 12.8. The maximum atomic E-state index is 12.8. The lowest BCUT2D eigenvalue weighted by molar-refractivity contribution is -0.142. The van der Waals surface area contributed by atoms with Crippen molar-refractivity contribution >= 4 is 5.91 Å². The van der Waals surface area contributed by atoms with Crippen molar-refractivity contribution in [2.45, 2.75) is 59.4 Å². The first-order valence-corrected chi connectivity index (χ1v) is 7.84. The molecule has 0 aromatic rings. The number of carbonyl (C=O) groups excluding carboxylic acids is 1. The molecule has 0 spiro atoms. The van der Waals surface area contributed by atoms with Crippen LogP contribution in [0, 0.1) is 23.2 Å². The number of carbonyl (C=O) groups is 1. The molecule has 0 radical (unpaired) electrons. The summed E-state index contributed by atoms with van der Waals surface area (Å²) in [6, 6.07) is 0.197. The van der Waals surface area contributed by atoms with Crippen LogP contribution in [-0.2, 0) is 4.79 Å². The monoisotopic (exact) mass is 266 g/mol. The molecule has 4 unspecified atom stereocenters. The van der Waals surface area contributed by atoms with Gasteiger partial charge in [0.2, 0.25) is 5.91 Å². The van der Waals surface area contributed by atoms with E-state index in [9.17, 15) is 4.79 Å². The van der Waals surface area contributed by atoms with E-state index >= 15 is 0 Å². The molecule has 3 nitrogen and oxygen atoms in total. The van der Waals surface area contributed by atoms with Crippen molar-refractivity contribution in [3.63, 3.8) is 0 Å². The molecule has 1 amide bonds. The van der Waals surface area contributed by atoms with E-state index in [0.717, 1.165) is 32.4 Å². The molecule has 1 aliphatic heterocycles. The lowest BCUT2D eigenvalue weighted by Gasteiger charge is -2.43. The summed E-state index contributed by atoms with van der Waals surface area (Å²) in [5.41, 5.74) is 6.46. The average molecular weight is 266 g/mol. The summed E-state index contributed by atoms with van der Waals surface area (Å²) in [6.45, 7) is 10.8. The standard InChI is InChI=1S/C16H30N2O/c1-11-8-12(2)14(17)9-13(11)15(19)18-7-5-6-16(3,4)10-18/h11-14H,5-10,17H2,1-4H3. The fourth-order valence-corrected chi connectivity index (χ4v) is 3.87. The summed E-state index contributed by atoms with van der Waals surface area (Å²) in [5.74, 6) is 1.55. The molecule has 0 aromatic carbocycles. The smallest absolute Gasteiger partial charge is 0.226 e. The zero-order chi connectivity index (χ0) is 14.2. The summed E-state index contributed by atoms with van der Waals surface area (Å²) in [5, 5.41) is 0. The van der Waals surface area contributed by atoms with Crippen LogP contribution in [0.4, 0.5) is 0 Å². The quantitative estimate of drug-likeness (QED) is 0.793. The second kappa shape index (κ2) is 5.43. The van der Waals surface area contributed by atoms with Gasteiger partial charge in [-0.2, -0.15) is 0 Å². The van der Waals surface area contributed by atoms with Gasteiger partial charge in [-0.15, -0.1) is 0 Å². The van der Waals surface area contributed by atoms with Gasteiger partial charge in [0.15, 0.2) is 0 Å².